The minimum atomic E-state index is -1.04. The molecular weight excluding hydrogens is 418 g/mol. The molecule has 1 atom stereocenters. The lowest BCUT2D eigenvalue weighted by molar-refractivity contribution is -0.123. The highest BCUT2D eigenvalue weighted by Gasteiger charge is 2.59. The fourth-order valence-electron chi connectivity index (χ4n) is 4.59. The normalized spacial score (nSPS) is 19.5. The van der Waals surface area contributed by atoms with Gasteiger partial charge in [0, 0.05) is 23.5 Å². The van der Waals surface area contributed by atoms with Crippen molar-refractivity contribution in [1.82, 2.24) is 4.90 Å². The van der Waals surface area contributed by atoms with Crippen LogP contribution in [0, 0.1) is 13.8 Å². The lowest BCUT2D eigenvalue weighted by Crippen LogP contribution is -2.51. The number of amides is 3. The van der Waals surface area contributed by atoms with Gasteiger partial charge in [0.1, 0.15) is 0 Å². The van der Waals surface area contributed by atoms with E-state index >= 15 is 0 Å². The standard InChI is InChI=1S/C26H25N3O2S/c1-18-7-6-8-20(15-18)17-28-23-12-11-19(2)16-22(23)26(24(28)30)29(13-14-32-26)25(31)27-21-9-4-3-5-10-21/h3-12,15-16H,13-14,17H2,1-2H3,(H,27,31). The van der Waals surface area contributed by atoms with Crippen LogP contribution in [0.3, 0.4) is 0 Å². The summed E-state index contributed by atoms with van der Waals surface area (Å²) in [5.74, 6) is 0.657. The maximum Gasteiger partial charge on any atom is 0.323 e. The Balaban J connectivity index is 1.54. The Kier molecular flexibility index (Phi) is 5.18. The van der Waals surface area contributed by atoms with Crippen LogP contribution >= 0.6 is 11.8 Å². The zero-order valence-electron chi connectivity index (χ0n) is 18.2. The van der Waals surface area contributed by atoms with E-state index in [9.17, 15) is 9.59 Å². The Morgan fingerprint density at radius 2 is 1.78 bits per heavy atom. The lowest BCUT2D eigenvalue weighted by Gasteiger charge is -2.33. The summed E-state index contributed by atoms with van der Waals surface area (Å²) in [6.07, 6.45) is 0. The van der Waals surface area contributed by atoms with E-state index in [2.05, 4.69) is 30.4 Å². The Labute approximate surface area is 192 Å². The second-order valence-corrected chi connectivity index (χ2v) is 9.63. The number of hydrogen-bond donors (Lipinski definition) is 1. The topological polar surface area (TPSA) is 52.7 Å². The molecule has 32 heavy (non-hydrogen) atoms. The molecule has 0 bridgehead atoms. The van der Waals surface area contributed by atoms with E-state index in [0.29, 0.717) is 18.8 Å². The number of thioether (sulfide) groups is 1. The van der Waals surface area contributed by atoms with E-state index in [1.165, 1.54) is 0 Å². The summed E-state index contributed by atoms with van der Waals surface area (Å²) in [4.78, 5) is 29.9. The number of carbonyl (C=O) groups excluding carboxylic acids is 2. The highest BCUT2D eigenvalue weighted by Crippen LogP contribution is 2.54. The van der Waals surface area contributed by atoms with E-state index in [1.54, 1.807) is 16.7 Å². The van der Waals surface area contributed by atoms with Crippen LogP contribution in [-0.4, -0.2) is 29.1 Å². The van der Waals surface area contributed by atoms with Crippen molar-refractivity contribution in [2.24, 2.45) is 0 Å². The largest absolute Gasteiger partial charge is 0.323 e. The van der Waals surface area contributed by atoms with Crippen LogP contribution < -0.4 is 10.2 Å². The SMILES string of the molecule is Cc1cccc(CN2C(=O)C3(SCCN3C(=O)Nc3ccccc3)c3cc(C)ccc32)c1. The molecule has 1 N–H and O–H groups in total. The molecule has 162 valence electrons. The number of para-hydroxylation sites is 1. The van der Waals surface area contributed by atoms with E-state index in [-0.39, 0.29) is 11.9 Å². The second kappa shape index (κ2) is 8.02. The Bertz CT molecular complexity index is 1200. The monoisotopic (exact) mass is 443 g/mol. The van der Waals surface area contributed by atoms with Crippen molar-refractivity contribution in [3.63, 3.8) is 0 Å². The minimum absolute atomic E-state index is 0.0506. The molecule has 5 nitrogen and oxygen atoms in total. The summed E-state index contributed by atoms with van der Waals surface area (Å²) in [5, 5.41) is 2.98. The predicted molar refractivity (Wildman–Crippen MR) is 130 cm³/mol. The number of carbonyl (C=O) groups is 2. The molecule has 2 aliphatic rings. The molecule has 0 radical (unpaired) electrons. The summed E-state index contributed by atoms with van der Waals surface area (Å²) in [7, 11) is 0. The number of nitrogens with one attached hydrogen (secondary N) is 1. The van der Waals surface area contributed by atoms with Crippen LogP contribution in [0.15, 0.2) is 72.8 Å². The van der Waals surface area contributed by atoms with Gasteiger partial charge in [0.15, 0.2) is 4.87 Å². The second-order valence-electron chi connectivity index (χ2n) is 8.34. The molecule has 0 aliphatic carbocycles. The zero-order chi connectivity index (χ0) is 22.3. The lowest BCUT2D eigenvalue weighted by atomic mass is 10.0. The van der Waals surface area contributed by atoms with Gasteiger partial charge in [-0.1, -0.05) is 65.7 Å². The molecule has 1 fully saturated rings. The van der Waals surface area contributed by atoms with Crippen LogP contribution in [-0.2, 0) is 16.2 Å². The van der Waals surface area contributed by atoms with E-state index < -0.39 is 4.87 Å². The number of aryl methyl sites for hydroxylation is 2. The Hall–Kier alpha value is -3.25. The van der Waals surface area contributed by atoms with Gasteiger partial charge in [0.2, 0.25) is 0 Å². The molecule has 5 rings (SSSR count). The van der Waals surface area contributed by atoms with Crippen LogP contribution in [0.1, 0.15) is 22.3 Å². The number of urea groups is 1. The maximum absolute atomic E-state index is 14.0. The van der Waals surface area contributed by atoms with Crippen molar-refractivity contribution >= 4 is 35.1 Å². The summed E-state index contributed by atoms with van der Waals surface area (Å²) in [6.45, 7) is 5.07. The fraction of sp³-hybridized carbons (Fsp3) is 0.231. The first-order valence-electron chi connectivity index (χ1n) is 10.8. The van der Waals surface area contributed by atoms with Gasteiger partial charge in [-0.3, -0.25) is 9.69 Å². The number of hydrogen-bond acceptors (Lipinski definition) is 3. The number of rotatable bonds is 3. The molecule has 1 unspecified atom stereocenters. The average molecular weight is 444 g/mol. The van der Waals surface area contributed by atoms with Crippen molar-refractivity contribution < 1.29 is 9.59 Å². The molecule has 2 aliphatic heterocycles. The van der Waals surface area contributed by atoms with Crippen LogP contribution in [0.5, 0.6) is 0 Å². The van der Waals surface area contributed by atoms with Gasteiger partial charge in [-0.15, -0.1) is 11.8 Å². The summed E-state index contributed by atoms with van der Waals surface area (Å²) in [6, 6.07) is 23.4. The molecule has 3 amide bonds. The number of benzene rings is 3. The third-order valence-electron chi connectivity index (χ3n) is 6.04. The number of anilines is 2. The maximum atomic E-state index is 14.0. The molecule has 1 spiro atoms. The van der Waals surface area contributed by atoms with Crippen LogP contribution in [0.2, 0.25) is 0 Å². The van der Waals surface area contributed by atoms with Crippen LogP contribution in [0.4, 0.5) is 16.2 Å². The summed E-state index contributed by atoms with van der Waals surface area (Å²) >= 11 is 1.55. The number of fused-ring (bicyclic) bond motifs is 2. The van der Waals surface area contributed by atoms with Crippen molar-refractivity contribution in [3.05, 3.63) is 95.1 Å². The van der Waals surface area contributed by atoms with Gasteiger partial charge in [0.25, 0.3) is 5.91 Å². The summed E-state index contributed by atoms with van der Waals surface area (Å²) < 4.78 is 0. The first kappa shape index (κ1) is 20.6. The Morgan fingerprint density at radius 1 is 1.00 bits per heavy atom. The highest BCUT2D eigenvalue weighted by molar-refractivity contribution is 8.01. The minimum Gasteiger partial charge on any atom is -0.308 e. The quantitative estimate of drug-likeness (QED) is 0.599. The molecule has 3 aromatic carbocycles. The van der Waals surface area contributed by atoms with Gasteiger partial charge >= 0.3 is 6.03 Å². The molecule has 1 saturated heterocycles. The van der Waals surface area contributed by atoms with Gasteiger partial charge in [-0.25, -0.2) is 4.79 Å². The molecule has 0 saturated carbocycles. The van der Waals surface area contributed by atoms with Crippen LogP contribution in [0.25, 0.3) is 0 Å². The Morgan fingerprint density at radius 3 is 2.56 bits per heavy atom. The van der Waals surface area contributed by atoms with Gasteiger partial charge in [-0.2, -0.15) is 0 Å². The number of nitrogens with zero attached hydrogens (tertiary/aromatic N) is 2. The molecule has 6 heteroatoms. The molecule has 0 aromatic heterocycles. The third kappa shape index (κ3) is 3.35. The first-order valence-corrected chi connectivity index (χ1v) is 11.7. The summed E-state index contributed by atoms with van der Waals surface area (Å²) in [5.41, 5.74) is 5.81. The van der Waals surface area contributed by atoms with E-state index in [4.69, 9.17) is 0 Å². The van der Waals surface area contributed by atoms with E-state index in [0.717, 1.165) is 33.6 Å². The zero-order valence-corrected chi connectivity index (χ0v) is 19.0. The van der Waals surface area contributed by atoms with Crippen molar-refractivity contribution in [2.45, 2.75) is 25.3 Å². The van der Waals surface area contributed by atoms with Crippen molar-refractivity contribution in [3.8, 4) is 0 Å². The first-order chi connectivity index (χ1) is 15.5. The van der Waals surface area contributed by atoms with Gasteiger partial charge in [0.05, 0.1) is 12.2 Å². The van der Waals surface area contributed by atoms with Gasteiger partial charge < -0.3 is 10.2 Å². The third-order valence-corrected chi connectivity index (χ3v) is 7.46. The van der Waals surface area contributed by atoms with Gasteiger partial charge in [-0.05, 0) is 37.6 Å². The van der Waals surface area contributed by atoms with Crippen molar-refractivity contribution in [1.29, 1.82) is 0 Å². The predicted octanol–water partition coefficient (Wildman–Crippen LogP) is 5.28. The highest BCUT2D eigenvalue weighted by atomic mass is 32.2. The van der Waals surface area contributed by atoms with E-state index in [1.807, 2.05) is 66.4 Å². The average Bonchev–Trinajstić information content (AvgIpc) is 3.32. The molecule has 3 aromatic rings. The molecular formula is C26H25N3O2S. The van der Waals surface area contributed by atoms with Crippen molar-refractivity contribution in [2.75, 3.05) is 22.5 Å². The smallest absolute Gasteiger partial charge is 0.308 e. The molecule has 2 heterocycles. The fourth-order valence-corrected chi connectivity index (χ4v) is 6.04.